The summed E-state index contributed by atoms with van der Waals surface area (Å²) in [7, 11) is 1.35. The standard InChI is InChI=1S/C32H30F2N4O6/c1-18(20-8-11-25-27(14-20)44-32(33,34)43-25)36-28-15-21(12-13-35-28)30-29-24(38(37-30)22-16-41-17-22)4-3-5-26(29)42-23-9-6-19(7-10-23)31(39)40-2/h6-15,18,22,26H,3-5,16-17H2,1-2H3,(H,35,36)/t18-,26-/m0/s1. The zero-order valence-electron chi connectivity index (χ0n) is 24.1. The van der Waals surface area contributed by atoms with Gasteiger partial charge in [-0.2, -0.15) is 5.10 Å². The summed E-state index contributed by atoms with van der Waals surface area (Å²) in [6.07, 6.45) is 0.419. The third-order valence-corrected chi connectivity index (χ3v) is 8.10. The molecule has 12 heteroatoms. The van der Waals surface area contributed by atoms with Crippen LogP contribution in [-0.2, 0) is 15.9 Å². The number of esters is 1. The molecule has 228 valence electrons. The molecule has 1 fully saturated rings. The van der Waals surface area contributed by atoms with Crippen molar-refractivity contribution in [2.24, 2.45) is 0 Å². The summed E-state index contributed by atoms with van der Waals surface area (Å²) in [6, 6.07) is 15.4. The molecule has 10 nitrogen and oxygen atoms in total. The minimum atomic E-state index is -3.67. The van der Waals surface area contributed by atoms with E-state index in [1.54, 1.807) is 36.5 Å². The molecule has 0 radical (unpaired) electrons. The Hall–Kier alpha value is -4.71. The lowest BCUT2D eigenvalue weighted by Crippen LogP contribution is -2.33. The summed E-state index contributed by atoms with van der Waals surface area (Å²) in [5, 5.41) is 8.46. The molecule has 2 atom stereocenters. The number of rotatable bonds is 8. The molecule has 1 N–H and O–H groups in total. The van der Waals surface area contributed by atoms with Crippen LogP contribution in [0.2, 0.25) is 0 Å². The maximum atomic E-state index is 13.5. The van der Waals surface area contributed by atoms with Gasteiger partial charge in [0.2, 0.25) is 0 Å². The lowest BCUT2D eigenvalue weighted by atomic mass is 9.90. The van der Waals surface area contributed by atoms with E-state index in [1.165, 1.54) is 19.2 Å². The van der Waals surface area contributed by atoms with Gasteiger partial charge < -0.3 is 29.0 Å². The predicted molar refractivity (Wildman–Crippen MR) is 154 cm³/mol. The van der Waals surface area contributed by atoms with Crippen molar-refractivity contribution in [3.8, 4) is 28.5 Å². The molecule has 2 aromatic carbocycles. The van der Waals surface area contributed by atoms with Gasteiger partial charge in [-0.1, -0.05) is 6.07 Å². The predicted octanol–water partition coefficient (Wildman–Crippen LogP) is 6.25. The molecule has 1 saturated heterocycles. The van der Waals surface area contributed by atoms with Crippen molar-refractivity contribution in [1.82, 2.24) is 14.8 Å². The number of carbonyl (C=O) groups excluding carboxylic acids is 1. The molecule has 7 rings (SSSR count). The number of aromatic nitrogens is 3. The molecular weight excluding hydrogens is 574 g/mol. The highest BCUT2D eigenvalue weighted by Gasteiger charge is 2.43. The number of carbonyl (C=O) groups is 1. The van der Waals surface area contributed by atoms with Crippen LogP contribution in [0.1, 0.15) is 65.1 Å². The van der Waals surface area contributed by atoms with E-state index in [1.807, 2.05) is 19.1 Å². The fourth-order valence-corrected chi connectivity index (χ4v) is 5.81. The number of nitrogens with one attached hydrogen (secondary N) is 1. The van der Waals surface area contributed by atoms with E-state index in [4.69, 9.17) is 19.3 Å². The fraction of sp³-hybridized carbons (Fsp3) is 0.344. The van der Waals surface area contributed by atoms with E-state index >= 15 is 0 Å². The number of hydrogen-bond acceptors (Lipinski definition) is 9. The third-order valence-electron chi connectivity index (χ3n) is 8.10. The Balaban J connectivity index is 1.18. The first kappa shape index (κ1) is 28.1. The Labute approximate surface area is 251 Å². The highest BCUT2D eigenvalue weighted by atomic mass is 19.3. The van der Waals surface area contributed by atoms with Crippen LogP contribution in [0.4, 0.5) is 14.6 Å². The van der Waals surface area contributed by atoms with E-state index in [0.717, 1.165) is 47.3 Å². The lowest BCUT2D eigenvalue weighted by molar-refractivity contribution is -0.286. The maximum absolute atomic E-state index is 13.5. The first-order valence-electron chi connectivity index (χ1n) is 14.4. The molecule has 3 aliphatic rings. The summed E-state index contributed by atoms with van der Waals surface area (Å²) in [5.74, 6) is 0.832. The molecule has 0 bridgehead atoms. The molecular formula is C32H30F2N4O6. The van der Waals surface area contributed by atoms with Gasteiger partial charge in [-0.05, 0) is 80.3 Å². The molecule has 2 aromatic heterocycles. The van der Waals surface area contributed by atoms with Crippen molar-refractivity contribution in [1.29, 1.82) is 0 Å². The van der Waals surface area contributed by atoms with Gasteiger partial charge in [0.1, 0.15) is 17.7 Å². The second-order valence-electron chi connectivity index (χ2n) is 11.0. The van der Waals surface area contributed by atoms with Crippen LogP contribution >= 0.6 is 0 Å². The number of alkyl halides is 2. The Morgan fingerprint density at radius 2 is 1.89 bits per heavy atom. The molecule has 0 saturated carbocycles. The van der Waals surface area contributed by atoms with Gasteiger partial charge in [-0.15, -0.1) is 8.78 Å². The number of benzene rings is 2. The number of halogens is 2. The second-order valence-corrected chi connectivity index (χ2v) is 11.0. The maximum Gasteiger partial charge on any atom is 0.586 e. The van der Waals surface area contributed by atoms with Crippen molar-refractivity contribution in [2.45, 2.75) is 50.7 Å². The van der Waals surface area contributed by atoms with Gasteiger partial charge >= 0.3 is 12.3 Å². The van der Waals surface area contributed by atoms with Gasteiger partial charge in [0.25, 0.3) is 0 Å². The molecule has 0 amide bonds. The van der Waals surface area contributed by atoms with Gasteiger partial charge in [0, 0.05) is 23.0 Å². The van der Waals surface area contributed by atoms with Crippen LogP contribution in [0.5, 0.6) is 17.2 Å². The van der Waals surface area contributed by atoms with E-state index in [9.17, 15) is 13.6 Å². The van der Waals surface area contributed by atoms with E-state index in [-0.39, 0.29) is 29.7 Å². The van der Waals surface area contributed by atoms with Crippen molar-refractivity contribution in [2.75, 3.05) is 25.6 Å². The molecule has 4 heterocycles. The summed E-state index contributed by atoms with van der Waals surface area (Å²) in [4.78, 5) is 16.4. The van der Waals surface area contributed by atoms with Crippen molar-refractivity contribution in [3.05, 3.63) is 83.2 Å². The summed E-state index contributed by atoms with van der Waals surface area (Å²) < 4.78 is 55.1. The smallest absolute Gasteiger partial charge is 0.486 e. The van der Waals surface area contributed by atoms with Crippen LogP contribution in [0.25, 0.3) is 11.3 Å². The number of anilines is 1. The number of methoxy groups -OCH3 is 1. The summed E-state index contributed by atoms with van der Waals surface area (Å²) in [6.45, 7) is 3.12. The molecule has 44 heavy (non-hydrogen) atoms. The van der Waals surface area contributed by atoms with Crippen molar-refractivity contribution in [3.63, 3.8) is 0 Å². The Bertz CT molecular complexity index is 1710. The second kappa shape index (κ2) is 11.1. The minimum Gasteiger partial charge on any atom is -0.486 e. The molecule has 0 spiro atoms. The number of hydrogen-bond donors (Lipinski definition) is 1. The van der Waals surface area contributed by atoms with Crippen LogP contribution in [-0.4, -0.2) is 47.4 Å². The SMILES string of the molecule is COC(=O)c1ccc(O[C@H]2CCCc3c2c(-c2ccnc(N[C@@H](C)c4ccc5c(c4)OC(F)(F)O5)c2)nn3C2COC2)cc1. The van der Waals surface area contributed by atoms with E-state index in [2.05, 4.69) is 24.5 Å². The van der Waals surface area contributed by atoms with Crippen LogP contribution < -0.4 is 19.5 Å². The zero-order valence-corrected chi connectivity index (χ0v) is 24.1. The topological polar surface area (TPSA) is 106 Å². The number of fused-ring (bicyclic) bond motifs is 2. The lowest BCUT2D eigenvalue weighted by Gasteiger charge is -2.30. The Morgan fingerprint density at radius 3 is 2.64 bits per heavy atom. The molecule has 1 aliphatic carbocycles. The van der Waals surface area contributed by atoms with Crippen molar-refractivity contribution < 1.29 is 37.3 Å². The van der Waals surface area contributed by atoms with Gasteiger partial charge in [0.05, 0.1) is 43.7 Å². The van der Waals surface area contributed by atoms with Crippen LogP contribution in [0.3, 0.4) is 0 Å². The normalized spacial score (nSPS) is 19.0. The molecule has 2 aliphatic heterocycles. The highest BCUT2D eigenvalue weighted by Crippen LogP contribution is 2.43. The summed E-state index contributed by atoms with van der Waals surface area (Å²) in [5.41, 5.74) is 5.02. The quantitative estimate of drug-likeness (QED) is 0.234. The van der Waals surface area contributed by atoms with Crippen molar-refractivity contribution >= 4 is 11.8 Å². The number of nitrogens with zero attached hydrogens (tertiary/aromatic N) is 3. The largest absolute Gasteiger partial charge is 0.586 e. The summed E-state index contributed by atoms with van der Waals surface area (Å²) >= 11 is 0. The van der Waals surface area contributed by atoms with E-state index in [0.29, 0.717) is 30.3 Å². The van der Waals surface area contributed by atoms with Crippen LogP contribution in [0.15, 0.2) is 60.8 Å². The van der Waals surface area contributed by atoms with Gasteiger partial charge in [-0.3, -0.25) is 4.68 Å². The molecule has 4 aromatic rings. The van der Waals surface area contributed by atoms with Crippen LogP contribution in [0, 0.1) is 0 Å². The van der Waals surface area contributed by atoms with Gasteiger partial charge in [-0.25, -0.2) is 9.78 Å². The third kappa shape index (κ3) is 5.30. The average molecular weight is 605 g/mol. The zero-order chi connectivity index (χ0) is 30.4. The Morgan fingerprint density at radius 1 is 1.09 bits per heavy atom. The number of pyridine rings is 1. The molecule has 0 unspecified atom stereocenters. The monoisotopic (exact) mass is 604 g/mol. The Kier molecular flexibility index (Phi) is 7.08. The minimum absolute atomic E-state index is 0.000485. The first-order chi connectivity index (χ1) is 21.3. The fourth-order valence-electron chi connectivity index (χ4n) is 5.81. The van der Waals surface area contributed by atoms with E-state index < -0.39 is 12.3 Å². The average Bonchev–Trinajstić information content (AvgIpc) is 3.52. The highest BCUT2D eigenvalue weighted by molar-refractivity contribution is 5.89. The van der Waals surface area contributed by atoms with Gasteiger partial charge in [0.15, 0.2) is 11.5 Å². The number of ether oxygens (including phenoxy) is 5. The first-order valence-corrected chi connectivity index (χ1v) is 14.4.